The standard InChI is InChI=1S/C8H12N2.C7H11ClN2/c1-6(2)8-9-4-7(3)5-10-8;1-5(2)7-9-3-6(8)4-10-7/h4-6H,1-3H3;3-5,7,9H,1-2H3. The van der Waals surface area contributed by atoms with Gasteiger partial charge in [0.25, 0.3) is 0 Å². The number of nitrogens with one attached hydrogen (secondary N) is 1. The highest BCUT2D eigenvalue weighted by Crippen LogP contribution is 2.09. The van der Waals surface area contributed by atoms with E-state index < -0.39 is 0 Å². The summed E-state index contributed by atoms with van der Waals surface area (Å²) >= 11 is 5.64. The second-order valence-corrected chi connectivity index (χ2v) is 5.87. The normalized spacial score (nSPS) is 17.4. The fraction of sp³-hybridized carbons (Fsp3) is 0.533. The molecule has 1 aliphatic rings. The van der Waals surface area contributed by atoms with E-state index in [0.717, 1.165) is 11.4 Å². The van der Waals surface area contributed by atoms with E-state index in [-0.39, 0.29) is 6.17 Å². The van der Waals surface area contributed by atoms with E-state index in [9.17, 15) is 0 Å². The lowest BCUT2D eigenvalue weighted by Crippen LogP contribution is -2.30. The Hall–Kier alpha value is -1.42. The first-order valence-corrected chi connectivity index (χ1v) is 7.21. The maximum atomic E-state index is 5.64. The van der Waals surface area contributed by atoms with Crippen LogP contribution in [0, 0.1) is 12.8 Å². The number of aliphatic imine (C=N–C) groups is 1. The van der Waals surface area contributed by atoms with Crippen molar-refractivity contribution in [1.29, 1.82) is 0 Å². The Kier molecular flexibility index (Phi) is 6.65. The molecule has 2 heterocycles. The minimum Gasteiger partial charge on any atom is -0.368 e. The second-order valence-electron chi connectivity index (χ2n) is 5.44. The SMILES string of the molecule is CC(C)C1N=CC(Cl)=CN1.Cc1cnc(C(C)C)nc1. The average Bonchev–Trinajstić information content (AvgIpc) is 2.40. The van der Waals surface area contributed by atoms with E-state index in [1.165, 1.54) is 0 Å². The van der Waals surface area contributed by atoms with Crippen molar-refractivity contribution in [1.82, 2.24) is 15.3 Å². The van der Waals surface area contributed by atoms with Crippen molar-refractivity contribution in [2.75, 3.05) is 0 Å². The van der Waals surface area contributed by atoms with Crippen LogP contribution in [0.4, 0.5) is 0 Å². The molecular weight excluding hydrogens is 272 g/mol. The topological polar surface area (TPSA) is 50.2 Å². The van der Waals surface area contributed by atoms with Crippen molar-refractivity contribution in [3.8, 4) is 0 Å². The zero-order valence-electron chi connectivity index (χ0n) is 12.8. The van der Waals surface area contributed by atoms with E-state index >= 15 is 0 Å². The Labute approximate surface area is 126 Å². The lowest BCUT2D eigenvalue weighted by molar-refractivity contribution is 0.455. The number of nitrogens with zero attached hydrogens (tertiary/aromatic N) is 3. The molecule has 5 heteroatoms. The van der Waals surface area contributed by atoms with E-state index in [2.05, 4.69) is 48.0 Å². The summed E-state index contributed by atoms with van der Waals surface area (Å²) in [6.45, 7) is 10.4. The molecule has 0 fully saturated rings. The molecule has 0 spiro atoms. The first-order chi connectivity index (χ1) is 9.40. The summed E-state index contributed by atoms with van der Waals surface area (Å²) in [5.74, 6) is 1.86. The number of aromatic nitrogens is 2. The second kappa shape index (κ2) is 8.00. The summed E-state index contributed by atoms with van der Waals surface area (Å²) in [7, 11) is 0. The molecule has 0 radical (unpaired) electrons. The number of hydrogen-bond acceptors (Lipinski definition) is 4. The molecule has 1 aliphatic heterocycles. The van der Waals surface area contributed by atoms with Crippen molar-refractivity contribution in [2.45, 2.75) is 46.7 Å². The molecule has 0 saturated carbocycles. The van der Waals surface area contributed by atoms with Crippen molar-refractivity contribution >= 4 is 17.8 Å². The zero-order chi connectivity index (χ0) is 15.1. The lowest BCUT2D eigenvalue weighted by Gasteiger charge is -2.19. The summed E-state index contributed by atoms with van der Waals surface area (Å²) in [4.78, 5) is 12.5. The summed E-state index contributed by atoms with van der Waals surface area (Å²) in [6, 6.07) is 0. The Bertz CT molecular complexity index is 463. The van der Waals surface area contributed by atoms with Crippen LogP contribution < -0.4 is 5.32 Å². The maximum Gasteiger partial charge on any atom is 0.130 e. The highest BCUT2D eigenvalue weighted by Gasteiger charge is 2.10. The highest BCUT2D eigenvalue weighted by molar-refractivity contribution is 6.39. The van der Waals surface area contributed by atoms with Crippen LogP contribution in [0.25, 0.3) is 0 Å². The van der Waals surface area contributed by atoms with E-state index in [1.807, 2.05) is 19.3 Å². The third-order valence-corrected chi connectivity index (χ3v) is 2.91. The molecule has 4 nitrogen and oxygen atoms in total. The van der Waals surface area contributed by atoms with Crippen LogP contribution in [0.3, 0.4) is 0 Å². The fourth-order valence-corrected chi connectivity index (χ4v) is 1.58. The largest absolute Gasteiger partial charge is 0.368 e. The van der Waals surface area contributed by atoms with Gasteiger partial charge in [-0.2, -0.15) is 0 Å². The minimum absolute atomic E-state index is 0.197. The monoisotopic (exact) mass is 294 g/mol. The number of rotatable bonds is 2. The molecule has 1 atom stereocenters. The third-order valence-electron chi connectivity index (χ3n) is 2.70. The van der Waals surface area contributed by atoms with Gasteiger partial charge in [-0.3, -0.25) is 4.99 Å². The predicted molar refractivity (Wildman–Crippen MR) is 85.0 cm³/mol. The number of hydrogen-bond donors (Lipinski definition) is 1. The van der Waals surface area contributed by atoms with Crippen LogP contribution >= 0.6 is 11.6 Å². The van der Waals surface area contributed by atoms with Crippen molar-refractivity contribution < 1.29 is 0 Å². The molecule has 20 heavy (non-hydrogen) atoms. The van der Waals surface area contributed by atoms with Crippen LogP contribution in [0.5, 0.6) is 0 Å². The number of allylic oxidation sites excluding steroid dienone is 1. The lowest BCUT2D eigenvalue weighted by atomic mass is 10.1. The molecule has 1 unspecified atom stereocenters. The minimum atomic E-state index is 0.197. The Morgan fingerprint density at radius 2 is 1.75 bits per heavy atom. The van der Waals surface area contributed by atoms with Crippen molar-refractivity contribution in [3.05, 3.63) is 35.0 Å². The summed E-state index contributed by atoms with van der Waals surface area (Å²) in [5, 5.41) is 3.74. The first-order valence-electron chi connectivity index (χ1n) is 6.83. The molecule has 1 aromatic rings. The van der Waals surface area contributed by atoms with E-state index in [0.29, 0.717) is 16.9 Å². The van der Waals surface area contributed by atoms with Gasteiger partial charge in [-0.15, -0.1) is 0 Å². The summed E-state index contributed by atoms with van der Waals surface area (Å²) in [5.41, 5.74) is 1.12. The van der Waals surface area contributed by atoms with Gasteiger partial charge in [-0.25, -0.2) is 9.97 Å². The quantitative estimate of drug-likeness (QED) is 0.906. The molecule has 2 rings (SSSR count). The Morgan fingerprint density at radius 3 is 2.15 bits per heavy atom. The fourth-order valence-electron chi connectivity index (χ4n) is 1.46. The maximum absolute atomic E-state index is 5.64. The van der Waals surface area contributed by atoms with Crippen molar-refractivity contribution in [2.24, 2.45) is 10.9 Å². The van der Waals surface area contributed by atoms with Crippen LogP contribution in [0.2, 0.25) is 0 Å². The van der Waals surface area contributed by atoms with Crippen LogP contribution in [0.1, 0.15) is 45.0 Å². The summed E-state index contributed by atoms with van der Waals surface area (Å²) < 4.78 is 0. The van der Waals surface area contributed by atoms with Gasteiger partial charge in [0.1, 0.15) is 12.0 Å². The Morgan fingerprint density at radius 1 is 1.15 bits per heavy atom. The van der Waals surface area contributed by atoms with Gasteiger partial charge in [-0.1, -0.05) is 39.3 Å². The van der Waals surface area contributed by atoms with Gasteiger partial charge < -0.3 is 5.32 Å². The van der Waals surface area contributed by atoms with Crippen LogP contribution in [-0.2, 0) is 0 Å². The van der Waals surface area contributed by atoms with Gasteiger partial charge in [0.15, 0.2) is 0 Å². The van der Waals surface area contributed by atoms with E-state index in [4.69, 9.17) is 11.6 Å². The van der Waals surface area contributed by atoms with Gasteiger partial charge in [-0.05, 0) is 18.4 Å². The first kappa shape index (κ1) is 16.6. The third kappa shape index (κ3) is 5.70. The summed E-state index contributed by atoms with van der Waals surface area (Å²) in [6.07, 6.45) is 7.36. The van der Waals surface area contributed by atoms with Crippen molar-refractivity contribution in [3.63, 3.8) is 0 Å². The van der Waals surface area contributed by atoms with E-state index in [1.54, 1.807) is 12.4 Å². The van der Waals surface area contributed by atoms with Gasteiger partial charge in [0, 0.05) is 30.7 Å². The molecule has 0 saturated heterocycles. The van der Waals surface area contributed by atoms with Crippen LogP contribution in [-0.4, -0.2) is 22.3 Å². The molecule has 110 valence electrons. The molecular formula is C15H23ClN4. The Balaban J connectivity index is 0.000000200. The van der Waals surface area contributed by atoms with Gasteiger partial charge >= 0.3 is 0 Å². The average molecular weight is 295 g/mol. The molecule has 1 N–H and O–H groups in total. The smallest absolute Gasteiger partial charge is 0.130 e. The number of halogens is 1. The zero-order valence-corrected chi connectivity index (χ0v) is 13.5. The van der Waals surface area contributed by atoms with Crippen LogP contribution in [0.15, 0.2) is 28.6 Å². The molecule has 1 aromatic heterocycles. The molecule has 0 amide bonds. The van der Waals surface area contributed by atoms with Gasteiger partial charge in [0.2, 0.25) is 0 Å². The predicted octanol–water partition coefficient (Wildman–Crippen LogP) is 3.63. The molecule has 0 aromatic carbocycles. The van der Waals surface area contributed by atoms with Gasteiger partial charge in [0.05, 0.1) is 5.03 Å². The molecule has 0 aliphatic carbocycles. The highest BCUT2D eigenvalue weighted by atomic mass is 35.5. The number of aryl methyl sites for hydroxylation is 1. The molecule has 0 bridgehead atoms.